The van der Waals surface area contributed by atoms with Crippen LogP contribution in [0.4, 0.5) is 13.2 Å². The van der Waals surface area contributed by atoms with Gasteiger partial charge in [-0.3, -0.25) is 9.59 Å². The Labute approximate surface area is 110 Å². The second-order valence-electron chi connectivity index (χ2n) is 5.27. The Morgan fingerprint density at radius 2 is 1.63 bits per heavy atom. The molecule has 0 spiro atoms. The number of carbonyl (C=O) groups is 2. The van der Waals surface area contributed by atoms with Crippen molar-refractivity contribution in [1.29, 1.82) is 0 Å². The zero-order valence-corrected chi connectivity index (χ0v) is 11.1. The standard InChI is InChI=1S/C12H20F3NO3/c1-11(2,5-4-10(18)19)7-8-16-9(17)3-6-12(13,14)15/h3-8H2,1-2H3,(H,16,17)(H,18,19). The highest BCUT2D eigenvalue weighted by Gasteiger charge is 2.28. The third kappa shape index (κ3) is 11.5. The van der Waals surface area contributed by atoms with Crippen LogP contribution in [-0.4, -0.2) is 29.7 Å². The molecule has 0 radical (unpaired) electrons. The van der Waals surface area contributed by atoms with Crippen LogP contribution in [0.1, 0.15) is 46.0 Å². The molecule has 0 heterocycles. The lowest BCUT2D eigenvalue weighted by atomic mass is 9.84. The zero-order valence-electron chi connectivity index (χ0n) is 11.1. The molecule has 0 bridgehead atoms. The first kappa shape index (κ1) is 17.7. The lowest BCUT2D eigenvalue weighted by Gasteiger charge is -2.23. The highest BCUT2D eigenvalue weighted by molar-refractivity contribution is 5.75. The van der Waals surface area contributed by atoms with Crippen molar-refractivity contribution in [1.82, 2.24) is 5.32 Å². The van der Waals surface area contributed by atoms with Gasteiger partial charge < -0.3 is 10.4 Å². The zero-order chi connectivity index (χ0) is 15.1. The topological polar surface area (TPSA) is 66.4 Å². The van der Waals surface area contributed by atoms with Crippen LogP contribution in [0.25, 0.3) is 0 Å². The number of amides is 1. The van der Waals surface area contributed by atoms with Crippen LogP contribution >= 0.6 is 0 Å². The van der Waals surface area contributed by atoms with Gasteiger partial charge >= 0.3 is 12.1 Å². The van der Waals surface area contributed by atoms with Crippen LogP contribution in [-0.2, 0) is 9.59 Å². The SMILES string of the molecule is CC(C)(CCNC(=O)CCC(F)(F)F)CCC(=O)O. The predicted octanol–water partition coefficient (Wildman–Crippen LogP) is 2.73. The van der Waals surface area contributed by atoms with Crippen LogP contribution in [0.2, 0.25) is 0 Å². The number of carbonyl (C=O) groups excluding carboxylic acids is 1. The molecule has 0 aromatic rings. The minimum Gasteiger partial charge on any atom is -0.481 e. The van der Waals surface area contributed by atoms with E-state index in [4.69, 9.17) is 5.11 Å². The number of aliphatic carboxylic acids is 1. The van der Waals surface area contributed by atoms with Crippen molar-refractivity contribution in [2.75, 3.05) is 6.54 Å². The van der Waals surface area contributed by atoms with Crippen molar-refractivity contribution in [3.63, 3.8) is 0 Å². The van der Waals surface area contributed by atoms with Gasteiger partial charge in [0.05, 0.1) is 6.42 Å². The van der Waals surface area contributed by atoms with Gasteiger partial charge in [-0.1, -0.05) is 13.8 Å². The maximum atomic E-state index is 11.9. The van der Waals surface area contributed by atoms with Crippen LogP contribution in [0.3, 0.4) is 0 Å². The van der Waals surface area contributed by atoms with Crippen molar-refractivity contribution in [2.24, 2.45) is 5.41 Å². The molecule has 0 aliphatic rings. The lowest BCUT2D eigenvalue weighted by molar-refractivity contribution is -0.144. The van der Waals surface area contributed by atoms with E-state index in [1.807, 2.05) is 13.8 Å². The second-order valence-corrected chi connectivity index (χ2v) is 5.27. The molecule has 4 nitrogen and oxygen atoms in total. The fraction of sp³-hybridized carbons (Fsp3) is 0.833. The molecule has 7 heteroatoms. The molecule has 0 unspecified atom stereocenters. The Morgan fingerprint density at radius 1 is 1.05 bits per heavy atom. The fourth-order valence-corrected chi connectivity index (χ4v) is 1.45. The predicted molar refractivity (Wildman–Crippen MR) is 63.6 cm³/mol. The van der Waals surface area contributed by atoms with Crippen molar-refractivity contribution < 1.29 is 27.9 Å². The summed E-state index contributed by atoms with van der Waals surface area (Å²) in [6, 6.07) is 0. The Balaban J connectivity index is 3.83. The molecule has 2 N–H and O–H groups in total. The van der Waals surface area contributed by atoms with Crippen LogP contribution in [0, 0.1) is 5.41 Å². The number of alkyl halides is 3. The first-order valence-corrected chi connectivity index (χ1v) is 6.07. The summed E-state index contributed by atoms with van der Waals surface area (Å²) in [7, 11) is 0. The monoisotopic (exact) mass is 283 g/mol. The average Bonchev–Trinajstić information content (AvgIpc) is 2.23. The summed E-state index contributed by atoms with van der Waals surface area (Å²) in [5.41, 5.74) is -0.268. The van der Waals surface area contributed by atoms with Gasteiger partial charge in [-0.2, -0.15) is 13.2 Å². The van der Waals surface area contributed by atoms with Gasteiger partial charge in [0.15, 0.2) is 0 Å². The summed E-state index contributed by atoms with van der Waals surface area (Å²) in [6.07, 6.45) is -4.99. The molecule has 0 rings (SSSR count). The van der Waals surface area contributed by atoms with E-state index in [0.717, 1.165) is 0 Å². The largest absolute Gasteiger partial charge is 0.481 e. The summed E-state index contributed by atoms with van der Waals surface area (Å²) in [6.45, 7) is 3.97. The molecule has 0 saturated carbocycles. The number of halogens is 3. The van der Waals surface area contributed by atoms with E-state index in [-0.39, 0.29) is 18.4 Å². The maximum absolute atomic E-state index is 11.9. The summed E-state index contributed by atoms with van der Waals surface area (Å²) in [5.74, 6) is -1.52. The number of nitrogens with one attached hydrogen (secondary N) is 1. The van der Waals surface area contributed by atoms with E-state index in [1.54, 1.807) is 0 Å². The van der Waals surface area contributed by atoms with Crippen molar-refractivity contribution in [2.45, 2.75) is 52.1 Å². The van der Waals surface area contributed by atoms with Gasteiger partial charge in [0.25, 0.3) is 0 Å². The van der Waals surface area contributed by atoms with Crippen molar-refractivity contribution in [3.05, 3.63) is 0 Å². The molecule has 0 atom stereocenters. The van der Waals surface area contributed by atoms with E-state index in [1.165, 1.54) is 0 Å². The van der Waals surface area contributed by atoms with Gasteiger partial charge in [-0.25, -0.2) is 0 Å². The highest BCUT2D eigenvalue weighted by Crippen LogP contribution is 2.26. The van der Waals surface area contributed by atoms with Crippen molar-refractivity contribution in [3.8, 4) is 0 Å². The fourth-order valence-electron chi connectivity index (χ4n) is 1.45. The molecular formula is C12H20F3NO3. The summed E-state index contributed by atoms with van der Waals surface area (Å²) >= 11 is 0. The molecular weight excluding hydrogens is 263 g/mol. The van der Waals surface area contributed by atoms with Crippen LogP contribution < -0.4 is 5.32 Å². The summed E-state index contributed by atoms with van der Waals surface area (Å²) < 4.78 is 35.6. The minimum atomic E-state index is -4.32. The Bertz CT molecular complexity index is 314. The van der Waals surface area contributed by atoms with Gasteiger partial charge in [0.2, 0.25) is 5.91 Å². The lowest BCUT2D eigenvalue weighted by Crippen LogP contribution is -2.29. The molecule has 0 aromatic carbocycles. The van der Waals surface area contributed by atoms with E-state index >= 15 is 0 Å². The summed E-state index contributed by atoms with van der Waals surface area (Å²) in [5, 5.41) is 11.0. The number of hydrogen-bond acceptors (Lipinski definition) is 2. The Morgan fingerprint density at radius 3 is 2.11 bits per heavy atom. The maximum Gasteiger partial charge on any atom is 0.389 e. The highest BCUT2D eigenvalue weighted by atomic mass is 19.4. The molecule has 0 aliphatic heterocycles. The van der Waals surface area contributed by atoms with Gasteiger partial charge in [-0.15, -0.1) is 0 Å². The van der Waals surface area contributed by atoms with E-state index in [9.17, 15) is 22.8 Å². The third-order valence-electron chi connectivity index (χ3n) is 2.78. The third-order valence-corrected chi connectivity index (χ3v) is 2.78. The minimum absolute atomic E-state index is 0.0367. The van der Waals surface area contributed by atoms with Crippen LogP contribution in [0.15, 0.2) is 0 Å². The average molecular weight is 283 g/mol. The Kier molecular flexibility index (Phi) is 6.86. The first-order valence-electron chi connectivity index (χ1n) is 6.07. The van der Waals surface area contributed by atoms with Gasteiger partial charge in [-0.05, 0) is 18.3 Å². The normalized spacial score (nSPS) is 12.3. The molecule has 112 valence electrons. The molecule has 1 amide bonds. The quantitative estimate of drug-likeness (QED) is 0.719. The van der Waals surface area contributed by atoms with Gasteiger partial charge in [0, 0.05) is 19.4 Å². The summed E-state index contributed by atoms with van der Waals surface area (Å²) in [4.78, 5) is 21.6. The number of rotatable bonds is 8. The molecule has 19 heavy (non-hydrogen) atoms. The van der Waals surface area contributed by atoms with Crippen LogP contribution in [0.5, 0.6) is 0 Å². The molecule has 0 aliphatic carbocycles. The van der Waals surface area contributed by atoms with Gasteiger partial charge in [0.1, 0.15) is 0 Å². The molecule has 0 fully saturated rings. The number of carboxylic acid groups (broad SMARTS) is 1. The molecule has 0 aromatic heterocycles. The number of hydrogen-bond donors (Lipinski definition) is 2. The van der Waals surface area contributed by atoms with E-state index in [0.29, 0.717) is 12.8 Å². The smallest absolute Gasteiger partial charge is 0.389 e. The van der Waals surface area contributed by atoms with E-state index < -0.39 is 30.9 Å². The second kappa shape index (κ2) is 7.35. The Hall–Kier alpha value is -1.27. The number of carboxylic acids is 1. The van der Waals surface area contributed by atoms with E-state index in [2.05, 4.69) is 5.32 Å². The molecule has 0 saturated heterocycles. The van der Waals surface area contributed by atoms with Crippen molar-refractivity contribution >= 4 is 11.9 Å². The first-order chi connectivity index (χ1) is 8.52.